The molecule has 0 saturated carbocycles. The van der Waals surface area contributed by atoms with Gasteiger partial charge in [0, 0.05) is 25.4 Å². The zero-order valence-electron chi connectivity index (χ0n) is 14.8. The van der Waals surface area contributed by atoms with Crippen LogP contribution in [0.2, 0.25) is 0 Å². The molecule has 0 amide bonds. The van der Waals surface area contributed by atoms with E-state index >= 15 is 0 Å². The summed E-state index contributed by atoms with van der Waals surface area (Å²) in [5.41, 5.74) is 0.810. The number of aliphatic hydroxyl groups excluding tert-OH is 1. The molecule has 1 fully saturated rings. The molecule has 0 unspecified atom stereocenters. The van der Waals surface area contributed by atoms with Crippen molar-refractivity contribution in [3.05, 3.63) is 59.8 Å². The highest BCUT2D eigenvalue weighted by molar-refractivity contribution is 5.76. The van der Waals surface area contributed by atoms with Crippen LogP contribution in [0.1, 0.15) is 17.5 Å². The van der Waals surface area contributed by atoms with Crippen LogP contribution in [-0.2, 0) is 17.8 Å². The van der Waals surface area contributed by atoms with Gasteiger partial charge in [-0.05, 0) is 36.6 Å². The normalized spacial score (nSPS) is 23.5. The molecule has 0 radical (unpaired) electrons. The van der Waals surface area contributed by atoms with Gasteiger partial charge in [-0.3, -0.25) is 9.69 Å². The molecule has 1 aliphatic rings. The summed E-state index contributed by atoms with van der Waals surface area (Å²) >= 11 is 0. The first kappa shape index (κ1) is 18.4. The fraction of sp³-hybridized carbons (Fsp3) is 0.400. The molecule has 138 valence electrons. The van der Waals surface area contributed by atoms with Crippen molar-refractivity contribution >= 4 is 5.97 Å². The summed E-state index contributed by atoms with van der Waals surface area (Å²) < 4.78 is 5.14. The number of carboxylic acids is 1. The van der Waals surface area contributed by atoms with Gasteiger partial charge < -0.3 is 14.9 Å². The summed E-state index contributed by atoms with van der Waals surface area (Å²) in [4.78, 5) is 18.2. The number of piperidine rings is 1. The van der Waals surface area contributed by atoms with E-state index in [4.69, 9.17) is 4.74 Å². The second-order valence-corrected chi connectivity index (χ2v) is 6.83. The molecule has 2 atom stereocenters. The van der Waals surface area contributed by atoms with E-state index in [2.05, 4.69) is 9.88 Å². The van der Waals surface area contributed by atoms with Crippen LogP contribution in [0.15, 0.2) is 48.7 Å². The van der Waals surface area contributed by atoms with E-state index in [1.165, 1.54) is 0 Å². The average Bonchev–Trinajstić information content (AvgIpc) is 2.65. The Labute approximate surface area is 153 Å². The third-order valence-electron chi connectivity index (χ3n) is 5.15. The standard InChI is InChI=1S/C20H24N2O4/c1-26-18-11-16(7-9-21-18)13-22-10-8-20(19(24)25,17(23)14-22)12-15-5-3-2-4-6-15/h2-7,9,11,17,23H,8,10,12-14H2,1H3,(H,24,25)/t17-,20+/m0/s1. The van der Waals surface area contributed by atoms with Gasteiger partial charge >= 0.3 is 5.97 Å². The molecule has 2 heterocycles. The van der Waals surface area contributed by atoms with Gasteiger partial charge in [-0.15, -0.1) is 0 Å². The maximum Gasteiger partial charge on any atom is 0.312 e. The number of aliphatic carboxylic acids is 1. The molecule has 6 heteroatoms. The molecular formula is C20H24N2O4. The molecule has 0 spiro atoms. The van der Waals surface area contributed by atoms with Crippen LogP contribution in [0.25, 0.3) is 0 Å². The minimum absolute atomic E-state index is 0.323. The molecule has 1 aromatic carbocycles. The topological polar surface area (TPSA) is 82.9 Å². The molecule has 1 aliphatic heterocycles. The molecule has 1 saturated heterocycles. The first-order valence-corrected chi connectivity index (χ1v) is 8.70. The monoisotopic (exact) mass is 356 g/mol. The first-order valence-electron chi connectivity index (χ1n) is 8.70. The SMILES string of the molecule is COc1cc(CN2CC[C@](Cc3ccccc3)(C(=O)O)[C@@H](O)C2)ccn1. The minimum atomic E-state index is -1.15. The minimum Gasteiger partial charge on any atom is -0.481 e. The number of likely N-dealkylation sites (tertiary alicyclic amines) is 1. The van der Waals surface area contributed by atoms with Gasteiger partial charge in [0.15, 0.2) is 0 Å². The number of nitrogens with zero attached hydrogens (tertiary/aromatic N) is 2. The van der Waals surface area contributed by atoms with Crippen molar-refractivity contribution < 1.29 is 19.7 Å². The van der Waals surface area contributed by atoms with Crippen molar-refractivity contribution in [2.45, 2.75) is 25.5 Å². The van der Waals surface area contributed by atoms with Crippen LogP contribution in [0, 0.1) is 5.41 Å². The number of aromatic nitrogens is 1. The number of hydrogen-bond donors (Lipinski definition) is 2. The molecular weight excluding hydrogens is 332 g/mol. The Kier molecular flexibility index (Phi) is 5.54. The van der Waals surface area contributed by atoms with E-state index in [9.17, 15) is 15.0 Å². The molecule has 0 aliphatic carbocycles. The molecule has 6 nitrogen and oxygen atoms in total. The molecule has 2 aromatic rings. The summed E-state index contributed by atoms with van der Waals surface area (Å²) in [6.07, 6.45) is 1.49. The van der Waals surface area contributed by atoms with Crippen LogP contribution in [0.4, 0.5) is 0 Å². The summed E-state index contributed by atoms with van der Waals surface area (Å²) in [5, 5.41) is 20.6. The molecule has 1 aromatic heterocycles. The van der Waals surface area contributed by atoms with Gasteiger partial charge in [0.05, 0.1) is 13.2 Å². The molecule has 3 rings (SSSR count). The fourth-order valence-corrected chi connectivity index (χ4v) is 3.59. The predicted octanol–water partition coefficient (Wildman–Crippen LogP) is 1.97. The maximum absolute atomic E-state index is 12.0. The van der Waals surface area contributed by atoms with Gasteiger partial charge in [-0.25, -0.2) is 4.98 Å². The number of carbonyl (C=O) groups is 1. The van der Waals surface area contributed by atoms with E-state index in [1.54, 1.807) is 13.3 Å². The Balaban J connectivity index is 1.71. The van der Waals surface area contributed by atoms with E-state index in [-0.39, 0.29) is 0 Å². The second kappa shape index (κ2) is 7.85. The summed E-state index contributed by atoms with van der Waals surface area (Å²) in [6.45, 7) is 1.56. The van der Waals surface area contributed by atoms with Crippen LogP contribution >= 0.6 is 0 Å². The van der Waals surface area contributed by atoms with E-state index in [0.717, 1.165) is 11.1 Å². The third kappa shape index (κ3) is 3.86. The number of hydrogen-bond acceptors (Lipinski definition) is 5. The van der Waals surface area contributed by atoms with Crippen molar-refractivity contribution in [2.24, 2.45) is 5.41 Å². The van der Waals surface area contributed by atoms with Crippen LogP contribution in [-0.4, -0.2) is 52.4 Å². The van der Waals surface area contributed by atoms with Gasteiger partial charge in [-0.1, -0.05) is 30.3 Å². The van der Waals surface area contributed by atoms with Crippen molar-refractivity contribution in [3.63, 3.8) is 0 Å². The van der Waals surface area contributed by atoms with Crippen molar-refractivity contribution in [2.75, 3.05) is 20.2 Å². The summed E-state index contributed by atoms with van der Waals surface area (Å²) in [6, 6.07) is 13.3. The number of pyridine rings is 1. The molecule has 0 bridgehead atoms. The van der Waals surface area contributed by atoms with Gasteiger partial charge in [0.1, 0.15) is 5.41 Å². The Morgan fingerprint density at radius 1 is 1.31 bits per heavy atom. The Bertz CT molecular complexity index is 752. The van der Waals surface area contributed by atoms with Gasteiger partial charge in [-0.2, -0.15) is 0 Å². The first-order chi connectivity index (χ1) is 12.5. The summed E-state index contributed by atoms with van der Waals surface area (Å²) in [5.74, 6) is -0.386. The van der Waals surface area contributed by atoms with E-state index < -0.39 is 17.5 Å². The number of carboxylic acid groups (broad SMARTS) is 1. The number of aliphatic hydroxyl groups is 1. The third-order valence-corrected chi connectivity index (χ3v) is 5.15. The number of rotatable bonds is 6. The number of benzene rings is 1. The summed E-state index contributed by atoms with van der Waals surface area (Å²) in [7, 11) is 1.57. The second-order valence-electron chi connectivity index (χ2n) is 6.83. The molecule has 26 heavy (non-hydrogen) atoms. The lowest BCUT2D eigenvalue weighted by Crippen LogP contribution is -2.55. The largest absolute Gasteiger partial charge is 0.481 e. The lowest BCUT2D eigenvalue weighted by molar-refractivity contribution is -0.163. The zero-order valence-corrected chi connectivity index (χ0v) is 14.8. The highest BCUT2D eigenvalue weighted by Crippen LogP contribution is 2.36. The predicted molar refractivity (Wildman–Crippen MR) is 96.9 cm³/mol. The quantitative estimate of drug-likeness (QED) is 0.823. The molecule has 2 N–H and O–H groups in total. The number of ether oxygens (including phenoxy) is 1. The smallest absolute Gasteiger partial charge is 0.312 e. The van der Waals surface area contributed by atoms with Crippen LogP contribution < -0.4 is 4.74 Å². The van der Waals surface area contributed by atoms with Crippen molar-refractivity contribution in [1.29, 1.82) is 0 Å². The van der Waals surface area contributed by atoms with Gasteiger partial charge in [0.2, 0.25) is 5.88 Å². The lowest BCUT2D eigenvalue weighted by Gasteiger charge is -2.43. The lowest BCUT2D eigenvalue weighted by atomic mass is 9.71. The van der Waals surface area contributed by atoms with Crippen molar-refractivity contribution in [1.82, 2.24) is 9.88 Å². The van der Waals surface area contributed by atoms with Crippen LogP contribution in [0.3, 0.4) is 0 Å². The highest BCUT2D eigenvalue weighted by atomic mass is 16.5. The number of methoxy groups -OCH3 is 1. The Hall–Kier alpha value is -2.44. The van der Waals surface area contributed by atoms with E-state index in [0.29, 0.717) is 38.4 Å². The zero-order chi connectivity index (χ0) is 18.6. The Morgan fingerprint density at radius 3 is 2.73 bits per heavy atom. The Morgan fingerprint density at radius 2 is 2.08 bits per heavy atom. The van der Waals surface area contributed by atoms with Crippen LogP contribution in [0.5, 0.6) is 5.88 Å². The average molecular weight is 356 g/mol. The highest BCUT2D eigenvalue weighted by Gasteiger charge is 2.48. The van der Waals surface area contributed by atoms with Gasteiger partial charge in [0.25, 0.3) is 0 Å². The maximum atomic E-state index is 12.0. The fourth-order valence-electron chi connectivity index (χ4n) is 3.59. The van der Waals surface area contributed by atoms with Crippen molar-refractivity contribution in [3.8, 4) is 5.88 Å². The number of β-amino-alcohol motifs (C(OH)–C–C–N with tert-alkyl or cyclic N) is 1. The van der Waals surface area contributed by atoms with E-state index in [1.807, 2.05) is 42.5 Å².